The van der Waals surface area contributed by atoms with Crippen LogP contribution in [0, 0.1) is 16.0 Å². The summed E-state index contributed by atoms with van der Waals surface area (Å²) in [6.45, 7) is 2.37. The summed E-state index contributed by atoms with van der Waals surface area (Å²) in [4.78, 5) is 17.7. The van der Waals surface area contributed by atoms with Crippen LogP contribution in [0.15, 0.2) is 6.20 Å². The van der Waals surface area contributed by atoms with Crippen LogP contribution in [0.3, 0.4) is 0 Å². The summed E-state index contributed by atoms with van der Waals surface area (Å²) in [5.41, 5.74) is -1.10. The molecule has 0 amide bonds. The van der Waals surface area contributed by atoms with E-state index in [1.165, 1.54) is 0 Å². The first-order chi connectivity index (χ1) is 9.39. The Labute approximate surface area is 121 Å². The van der Waals surface area contributed by atoms with Crippen molar-refractivity contribution in [3.8, 4) is 0 Å². The van der Waals surface area contributed by atoms with E-state index in [1.807, 2.05) is 0 Å². The molecule has 0 saturated heterocycles. The van der Waals surface area contributed by atoms with E-state index in [-0.39, 0.29) is 23.3 Å². The molecule has 0 radical (unpaired) electrons. The van der Waals surface area contributed by atoms with E-state index in [2.05, 4.69) is 22.2 Å². The van der Waals surface area contributed by atoms with Crippen molar-refractivity contribution in [2.24, 2.45) is 5.92 Å². The molecule has 2 N–H and O–H groups in total. The van der Waals surface area contributed by atoms with E-state index in [9.17, 15) is 15.2 Å². The van der Waals surface area contributed by atoms with Gasteiger partial charge in [-0.1, -0.05) is 6.92 Å². The molecule has 0 unspecified atom stereocenters. The minimum Gasteiger partial charge on any atom is -0.388 e. The lowest BCUT2D eigenvalue weighted by Gasteiger charge is -2.35. The number of hydrogen-bond donors (Lipinski definition) is 2. The van der Waals surface area contributed by atoms with E-state index in [0.29, 0.717) is 18.8 Å². The van der Waals surface area contributed by atoms with Gasteiger partial charge in [0.15, 0.2) is 0 Å². The molecule has 0 aromatic carbocycles. The highest BCUT2D eigenvalue weighted by molar-refractivity contribution is 6.28. The Kier molecular flexibility index (Phi) is 4.39. The fourth-order valence-electron chi connectivity index (χ4n) is 2.34. The smallest absolute Gasteiger partial charge is 0.329 e. The number of anilines is 1. The molecule has 0 spiro atoms. The second-order valence-electron chi connectivity index (χ2n) is 5.39. The normalized spacial score (nSPS) is 26.2. The summed E-state index contributed by atoms with van der Waals surface area (Å²) < 4.78 is 0. The monoisotopic (exact) mass is 300 g/mol. The maximum absolute atomic E-state index is 10.9. The van der Waals surface area contributed by atoms with E-state index in [4.69, 9.17) is 11.6 Å². The summed E-state index contributed by atoms with van der Waals surface area (Å²) in [6, 6.07) is 0. The SMILES string of the molecule is CC1CCC(O)(CNc2nc(Cl)ncc2[N+](=O)[O-])CC1. The maximum atomic E-state index is 10.9. The third-order valence-electron chi connectivity index (χ3n) is 3.73. The molecule has 110 valence electrons. The fourth-order valence-corrected chi connectivity index (χ4v) is 2.48. The van der Waals surface area contributed by atoms with Gasteiger partial charge in [0.05, 0.1) is 10.5 Å². The van der Waals surface area contributed by atoms with Crippen molar-refractivity contribution in [3.05, 3.63) is 21.6 Å². The first-order valence-corrected chi connectivity index (χ1v) is 6.91. The number of rotatable bonds is 4. The van der Waals surface area contributed by atoms with E-state index in [0.717, 1.165) is 19.0 Å². The topological polar surface area (TPSA) is 101 Å². The van der Waals surface area contributed by atoms with Gasteiger partial charge >= 0.3 is 5.69 Å². The Hall–Kier alpha value is -1.47. The molecule has 1 aliphatic rings. The van der Waals surface area contributed by atoms with Crippen LogP contribution >= 0.6 is 11.6 Å². The molecule has 2 rings (SSSR count). The van der Waals surface area contributed by atoms with Crippen molar-refractivity contribution < 1.29 is 10.0 Å². The maximum Gasteiger partial charge on any atom is 0.329 e. The van der Waals surface area contributed by atoms with Gasteiger partial charge in [-0.25, -0.2) is 4.98 Å². The molecule has 1 saturated carbocycles. The molecule has 1 aromatic heterocycles. The highest BCUT2D eigenvalue weighted by atomic mass is 35.5. The predicted octanol–water partition coefficient (Wildman–Crippen LogP) is 2.39. The Morgan fingerprint density at radius 3 is 2.85 bits per heavy atom. The number of nitrogens with one attached hydrogen (secondary N) is 1. The minimum atomic E-state index is -0.849. The second kappa shape index (κ2) is 5.88. The fraction of sp³-hybridized carbons (Fsp3) is 0.667. The van der Waals surface area contributed by atoms with Crippen molar-refractivity contribution in [1.82, 2.24) is 9.97 Å². The summed E-state index contributed by atoms with van der Waals surface area (Å²) in [6.07, 6.45) is 4.31. The molecule has 1 fully saturated rings. The van der Waals surface area contributed by atoms with Gasteiger partial charge < -0.3 is 10.4 Å². The predicted molar refractivity (Wildman–Crippen MR) is 74.8 cm³/mol. The second-order valence-corrected chi connectivity index (χ2v) is 5.73. The van der Waals surface area contributed by atoms with Gasteiger partial charge in [0.2, 0.25) is 11.1 Å². The first kappa shape index (κ1) is 14.9. The number of halogens is 1. The summed E-state index contributed by atoms with van der Waals surface area (Å²) >= 11 is 5.65. The number of nitro groups is 1. The highest BCUT2D eigenvalue weighted by Crippen LogP contribution is 2.32. The molecule has 0 bridgehead atoms. The quantitative estimate of drug-likeness (QED) is 0.503. The lowest BCUT2D eigenvalue weighted by molar-refractivity contribution is -0.384. The zero-order chi connectivity index (χ0) is 14.8. The van der Waals surface area contributed by atoms with Crippen LogP contribution in [0.25, 0.3) is 0 Å². The molecule has 8 heteroatoms. The molecule has 0 aliphatic heterocycles. The Bertz CT molecular complexity index is 503. The number of aliphatic hydroxyl groups is 1. The molecule has 1 heterocycles. The van der Waals surface area contributed by atoms with Crippen molar-refractivity contribution in [3.63, 3.8) is 0 Å². The Morgan fingerprint density at radius 1 is 1.60 bits per heavy atom. The van der Waals surface area contributed by atoms with E-state index >= 15 is 0 Å². The van der Waals surface area contributed by atoms with Crippen LogP contribution in [0.2, 0.25) is 5.28 Å². The van der Waals surface area contributed by atoms with Crippen molar-refractivity contribution >= 4 is 23.1 Å². The summed E-state index contributed by atoms with van der Waals surface area (Å²) in [5, 5.41) is 24.1. The van der Waals surface area contributed by atoms with E-state index in [1.54, 1.807) is 0 Å². The van der Waals surface area contributed by atoms with Crippen molar-refractivity contribution in [2.45, 2.75) is 38.2 Å². The molecule has 0 atom stereocenters. The van der Waals surface area contributed by atoms with Crippen LogP contribution in [0.5, 0.6) is 0 Å². The third-order valence-corrected chi connectivity index (χ3v) is 3.91. The van der Waals surface area contributed by atoms with Crippen molar-refractivity contribution in [2.75, 3.05) is 11.9 Å². The van der Waals surface area contributed by atoms with Crippen LogP contribution in [-0.4, -0.2) is 32.1 Å². The zero-order valence-corrected chi connectivity index (χ0v) is 11.9. The number of aromatic nitrogens is 2. The van der Waals surface area contributed by atoms with Crippen molar-refractivity contribution in [1.29, 1.82) is 0 Å². The molecule has 1 aromatic rings. The van der Waals surface area contributed by atoms with Gasteiger partial charge in [0, 0.05) is 6.54 Å². The molecular formula is C12H17ClN4O3. The molecule has 20 heavy (non-hydrogen) atoms. The first-order valence-electron chi connectivity index (χ1n) is 6.53. The van der Waals surface area contributed by atoms with Crippen LogP contribution in [0.4, 0.5) is 11.5 Å². The van der Waals surface area contributed by atoms with E-state index < -0.39 is 10.5 Å². The standard InChI is InChI=1S/C12H17ClN4O3/c1-8-2-4-12(18,5-3-8)7-15-10-9(17(19)20)6-14-11(13)16-10/h6,8,18H,2-5,7H2,1H3,(H,14,15,16). The van der Waals surface area contributed by atoms with Gasteiger partial charge in [-0.05, 0) is 43.2 Å². The van der Waals surface area contributed by atoms with Gasteiger partial charge in [-0.3, -0.25) is 10.1 Å². The summed E-state index contributed by atoms with van der Waals surface area (Å²) in [7, 11) is 0. The molecular weight excluding hydrogens is 284 g/mol. The average Bonchev–Trinajstić information content (AvgIpc) is 2.40. The average molecular weight is 301 g/mol. The Morgan fingerprint density at radius 2 is 2.25 bits per heavy atom. The van der Waals surface area contributed by atoms with Gasteiger partial charge in [-0.15, -0.1) is 0 Å². The zero-order valence-electron chi connectivity index (χ0n) is 11.2. The number of nitrogens with zero attached hydrogens (tertiary/aromatic N) is 3. The van der Waals surface area contributed by atoms with Crippen LogP contribution in [0.1, 0.15) is 32.6 Å². The molecule has 7 nitrogen and oxygen atoms in total. The lowest BCUT2D eigenvalue weighted by Crippen LogP contribution is -2.40. The Balaban J connectivity index is 2.07. The number of hydrogen-bond acceptors (Lipinski definition) is 6. The molecule has 1 aliphatic carbocycles. The highest BCUT2D eigenvalue weighted by Gasteiger charge is 2.32. The van der Waals surface area contributed by atoms with Crippen LogP contribution in [-0.2, 0) is 0 Å². The third kappa shape index (κ3) is 3.55. The van der Waals surface area contributed by atoms with Crippen LogP contribution < -0.4 is 5.32 Å². The lowest BCUT2D eigenvalue weighted by atomic mass is 9.79. The summed E-state index contributed by atoms with van der Waals surface area (Å²) in [5.74, 6) is 0.653. The minimum absolute atomic E-state index is 0.0436. The van der Waals surface area contributed by atoms with Gasteiger partial charge in [-0.2, -0.15) is 4.98 Å². The van der Waals surface area contributed by atoms with Gasteiger partial charge in [0.1, 0.15) is 6.20 Å². The van der Waals surface area contributed by atoms with Gasteiger partial charge in [0.25, 0.3) is 0 Å². The largest absolute Gasteiger partial charge is 0.388 e.